The summed E-state index contributed by atoms with van der Waals surface area (Å²) in [5.41, 5.74) is 4.82. The molecular formula is C42H54BrCuN2O4. The van der Waals surface area contributed by atoms with Crippen LogP contribution in [0.4, 0.5) is 5.69 Å². The van der Waals surface area contributed by atoms with E-state index < -0.39 is 0 Å². The van der Waals surface area contributed by atoms with Crippen molar-refractivity contribution in [2.45, 2.75) is 115 Å². The second kappa shape index (κ2) is 17.9. The van der Waals surface area contributed by atoms with Gasteiger partial charge in [0.15, 0.2) is 18.3 Å². The normalized spacial score (nSPS) is 36.6. The molecule has 50 heavy (non-hydrogen) atoms. The van der Waals surface area contributed by atoms with Gasteiger partial charge in [0.25, 0.3) is 0 Å². The Morgan fingerprint density at radius 2 is 1.00 bits per heavy atom. The summed E-state index contributed by atoms with van der Waals surface area (Å²) >= 11 is 3.52. The van der Waals surface area contributed by atoms with E-state index in [1.807, 2.05) is 12.1 Å². The van der Waals surface area contributed by atoms with Gasteiger partial charge in [-0.2, -0.15) is 0 Å². The summed E-state index contributed by atoms with van der Waals surface area (Å²) < 4.78 is 25.2. The minimum atomic E-state index is 0. The molecule has 6 fully saturated rings. The molecule has 0 N–H and O–H groups in total. The fourth-order valence-corrected chi connectivity index (χ4v) is 10.2. The Bertz CT molecular complexity index is 1380. The number of ether oxygens (including phenoxy) is 4. The van der Waals surface area contributed by atoms with Gasteiger partial charge in [-0.05, 0) is 110 Å². The van der Waals surface area contributed by atoms with Gasteiger partial charge in [0.05, 0.1) is 33.0 Å². The first-order chi connectivity index (χ1) is 23.9. The first-order valence-corrected chi connectivity index (χ1v) is 19.6. The van der Waals surface area contributed by atoms with Crippen LogP contribution >= 0.6 is 15.9 Å². The molecule has 2 aliphatic heterocycles. The molecule has 6 aliphatic rings. The zero-order chi connectivity index (χ0) is 34.4. The van der Waals surface area contributed by atoms with E-state index in [0.717, 1.165) is 38.0 Å². The SMILES string of the molecule is CCCC1COC(C2CC3(CC(c4ccc(Br)cc4)C3)C2)OC1.[C-]#N.[C-]#[N+]c1ccc(C2CC3(C2)CC(C2OCC(CCC)CO2)C3)cc1.[Cu+]. The Kier molecular flexibility index (Phi) is 14.1. The molecule has 8 heteroatoms. The quantitative estimate of drug-likeness (QED) is 0.197. The van der Waals surface area contributed by atoms with E-state index in [2.05, 4.69) is 71.0 Å². The molecule has 2 aromatic rings. The maximum absolute atomic E-state index is 7.04. The molecule has 0 atom stereocenters. The predicted molar refractivity (Wildman–Crippen MR) is 194 cm³/mol. The molecule has 4 saturated carbocycles. The van der Waals surface area contributed by atoms with Crippen molar-refractivity contribution >= 4 is 21.6 Å². The second-order valence-corrected chi connectivity index (χ2v) is 17.1. The van der Waals surface area contributed by atoms with Crippen LogP contribution in [0.15, 0.2) is 53.0 Å². The fraction of sp³-hybridized carbons (Fsp3) is 0.667. The number of hydrogen-bond donors (Lipinski definition) is 0. The molecule has 0 bridgehead atoms. The van der Waals surface area contributed by atoms with Crippen molar-refractivity contribution in [3.63, 3.8) is 0 Å². The van der Waals surface area contributed by atoms with Crippen molar-refractivity contribution in [3.05, 3.63) is 82.1 Å². The largest absolute Gasteiger partial charge is 1.00 e. The molecule has 4 aliphatic carbocycles. The molecule has 2 spiro atoms. The number of halogens is 1. The van der Waals surface area contributed by atoms with Crippen LogP contribution in [0.25, 0.3) is 4.85 Å². The standard InChI is InChI=1S/C21H27NO2.C20H27BrO2.CN.Cu/c1-3-4-15-13-23-20(24-14-15)18-11-21(12-18)9-17(10-21)16-5-7-19(22-2)8-6-16;1-2-3-14-12-22-19(23-13-14)17-10-20(11-17)8-16(9-20)15-4-6-18(21)7-5-15;1-2;/h5-8,15,17-18,20H,3-4,9-14H2,1H3;4-7,14,16-17,19H,2-3,8-13H2,1H3;;/q;;-1;+1. The average molecular weight is 794 g/mol. The minimum absolute atomic E-state index is 0. The van der Waals surface area contributed by atoms with Crippen LogP contribution in [0.3, 0.4) is 0 Å². The van der Waals surface area contributed by atoms with Gasteiger partial charge in [0.1, 0.15) is 0 Å². The number of nitrogens with zero attached hydrogens (tertiary/aromatic N) is 2. The third-order valence-corrected chi connectivity index (χ3v) is 13.0. The van der Waals surface area contributed by atoms with Gasteiger partial charge < -0.3 is 30.8 Å². The van der Waals surface area contributed by atoms with E-state index in [1.54, 1.807) is 0 Å². The van der Waals surface area contributed by atoms with Crippen LogP contribution in [0.1, 0.15) is 114 Å². The Morgan fingerprint density at radius 3 is 1.34 bits per heavy atom. The van der Waals surface area contributed by atoms with Gasteiger partial charge in [-0.1, -0.05) is 79.0 Å². The fourth-order valence-electron chi connectivity index (χ4n) is 9.97. The van der Waals surface area contributed by atoms with Gasteiger partial charge in [-0.3, -0.25) is 0 Å². The molecule has 8 rings (SSSR count). The third kappa shape index (κ3) is 9.06. The maximum atomic E-state index is 7.04. The summed E-state index contributed by atoms with van der Waals surface area (Å²) in [6.07, 6.45) is 15.5. The van der Waals surface area contributed by atoms with Gasteiger partial charge in [-0.25, -0.2) is 4.85 Å². The molecule has 2 saturated heterocycles. The molecular weight excluding hydrogens is 740 g/mol. The van der Waals surface area contributed by atoms with E-state index in [4.69, 9.17) is 37.4 Å². The second-order valence-electron chi connectivity index (χ2n) is 16.2. The summed E-state index contributed by atoms with van der Waals surface area (Å²) in [7, 11) is 0. The van der Waals surface area contributed by atoms with E-state index in [-0.39, 0.29) is 29.6 Å². The van der Waals surface area contributed by atoms with Crippen LogP contribution < -0.4 is 0 Å². The number of rotatable bonds is 8. The molecule has 274 valence electrons. The number of hydrogen-bond acceptors (Lipinski definition) is 5. The van der Waals surface area contributed by atoms with Crippen LogP contribution in [-0.4, -0.2) is 39.0 Å². The van der Waals surface area contributed by atoms with Gasteiger partial charge in [0.2, 0.25) is 0 Å². The molecule has 2 heterocycles. The van der Waals surface area contributed by atoms with Crippen molar-refractivity contribution < 1.29 is 36.0 Å². The van der Waals surface area contributed by atoms with E-state index in [9.17, 15) is 0 Å². The molecule has 6 nitrogen and oxygen atoms in total. The predicted octanol–water partition coefficient (Wildman–Crippen LogP) is 10.9. The van der Waals surface area contributed by atoms with Crippen molar-refractivity contribution in [2.24, 2.45) is 34.5 Å². The Morgan fingerprint density at radius 1 is 0.640 bits per heavy atom. The van der Waals surface area contributed by atoms with E-state index in [1.165, 1.54) is 92.6 Å². The minimum Gasteiger partial charge on any atom is -0.512 e. The molecule has 0 aromatic heterocycles. The van der Waals surface area contributed by atoms with Crippen molar-refractivity contribution in [1.82, 2.24) is 0 Å². The monoisotopic (exact) mass is 792 g/mol. The summed E-state index contributed by atoms with van der Waals surface area (Å²) in [5.74, 6) is 3.93. The van der Waals surface area contributed by atoms with Crippen LogP contribution in [0.2, 0.25) is 0 Å². The first kappa shape index (κ1) is 39.5. The maximum Gasteiger partial charge on any atom is 1.00 e. The van der Waals surface area contributed by atoms with Crippen molar-refractivity contribution in [2.75, 3.05) is 26.4 Å². The summed E-state index contributed by atoms with van der Waals surface area (Å²) in [6.45, 7) is 19.8. The Hall–Kier alpha value is -1.74. The van der Waals surface area contributed by atoms with E-state index in [0.29, 0.717) is 40.4 Å². The van der Waals surface area contributed by atoms with Crippen molar-refractivity contribution in [1.29, 1.82) is 5.26 Å². The van der Waals surface area contributed by atoms with Crippen molar-refractivity contribution in [3.8, 4) is 0 Å². The zero-order valence-corrected chi connectivity index (χ0v) is 32.3. The Labute approximate surface area is 319 Å². The summed E-state index contributed by atoms with van der Waals surface area (Å²) in [5, 5.41) is 6.25. The average Bonchev–Trinajstić information content (AvgIpc) is 3.06. The zero-order valence-electron chi connectivity index (χ0n) is 29.8. The Balaban J connectivity index is 0.000000182. The van der Waals surface area contributed by atoms with Crippen LogP contribution in [0.5, 0.6) is 0 Å². The summed E-state index contributed by atoms with van der Waals surface area (Å²) in [6, 6.07) is 17.1. The van der Waals surface area contributed by atoms with Gasteiger partial charge in [-0.15, -0.1) is 0 Å². The third-order valence-electron chi connectivity index (χ3n) is 12.5. The topological polar surface area (TPSA) is 65.1 Å². The van der Waals surface area contributed by atoms with Crippen LogP contribution in [0, 0.1) is 52.9 Å². The first-order valence-electron chi connectivity index (χ1n) is 18.8. The molecule has 0 radical (unpaired) electrons. The van der Waals surface area contributed by atoms with Gasteiger partial charge >= 0.3 is 17.1 Å². The molecule has 2 aromatic carbocycles. The van der Waals surface area contributed by atoms with Crippen LogP contribution in [-0.2, 0) is 36.0 Å². The van der Waals surface area contributed by atoms with Gasteiger partial charge in [0, 0.05) is 28.1 Å². The van der Waals surface area contributed by atoms with E-state index >= 15 is 0 Å². The molecule has 0 amide bonds. The number of benzene rings is 2. The smallest absolute Gasteiger partial charge is 0.512 e. The molecule has 0 unspecified atom stereocenters. The summed E-state index contributed by atoms with van der Waals surface area (Å²) in [4.78, 5) is 3.47.